The molecule has 0 aromatic heterocycles. The highest BCUT2D eigenvalue weighted by atomic mass is 16.5. The van der Waals surface area contributed by atoms with Crippen LogP contribution in [0.4, 0.5) is 0 Å². The molecule has 6 rings (SSSR count). The van der Waals surface area contributed by atoms with E-state index < -0.39 is 11.0 Å². The smallest absolute Gasteiger partial charge is 0.312 e. The minimum Gasteiger partial charge on any atom is -0.455 e. The molecule has 0 spiro atoms. The van der Waals surface area contributed by atoms with Crippen molar-refractivity contribution >= 4 is 11.9 Å². The summed E-state index contributed by atoms with van der Waals surface area (Å²) in [5.41, 5.74) is 0.599. The summed E-state index contributed by atoms with van der Waals surface area (Å²) < 4.78 is 5.54. The van der Waals surface area contributed by atoms with Gasteiger partial charge < -0.3 is 15.2 Å². The van der Waals surface area contributed by atoms with Gasteiger partial charge in [0.25, 0.3) is 5.91 Å². The van der Waals surface area contributed by atoms with Gasteiger partial charge in [0.15, 0.2) is 6.61 Å². The van der Waals surface area contributed by atoms with Crippen molar-refractivity contribution in [1.82, 2.24) is 5.32 Å². The molecule has 4 bridgehead atoms. The van der Waals surface area contributed by atoms with E-state index in [9.17, 15) is 14.7 Å². The molecule has 2 aromatic rings. The average Bonchev–Trinajstić information content (AvgIpc) is 2.75. The summed E-state index contributed by atoms with van der Waals surface area (Å²) in [6, 6.07) is 19.2. The van der Waals surface area contributed by atoms with Crippen molar-refractivity contribution in [2.45, 2.75) is 50.2 Å². The van der Waals surface area contributed by atoms with E-state index in [0.717, 1.165) is 43.2 Å². The molecule has 5 heteroatoms. The number of carbonyl (C=O) groups excluding carboxylic acids is 2. The highest BCUT2D eigenvalue weighted by molar-refractivity contribution is 5.83. The molecular weight excluding hydrogens is 390 g/mol. The van der Waals surface area contributed by atoms with Gasteiger partial charge in [-0.2, -0.15) is 0 Å². The number of hydrogen-bond donors (Lipinski definition) is 2. The molecule has 4 saturated carbocycles. The largest absolute Gasteiger partial charge is 0.455 e. The summed E-state index contributed by atoms with van der Waals surface area (Å²) in [5, 5.41) is 13.9. The molecule has 4 aliphatic carbocycles. The van der Waals surface area contributed by atoms with Gasteiger partial charge in [-0.3, -0.25) is 9.59 Å². The standard InChI is InChI=1S/C26H29NO4/c28-22(27-23(20-7-3-1-4-8-20)21-9-5-2-6-10-21)16-31-24(29)25-12-18-11-19(13-25)15-26(30,14-18)17-25/h1-10,18-19,23,30H,11-17H2,(H,27,28). The fraction of sp³-hybridized carbons (Fsp3) is 0.462. The Bertz CT molecular complexity index is 904. The predicted octanol–water partition coefficient (Wildman–Crippen LogP) is 3.77. The summed E-state index contributed by atoms with van der Waals surface area (Å²) in [5.74, 6) is 0.155. The monoisotopic (exact) mass is 419 g/mol. The van der Waals surface area contributed by atoms with Gasteiger partial charge in [-0.1, -0.05) is 60.7 Å². The van der Waals surface area contributed by atoms with E-state index in [2.05, 4.69) is 5.32 Å². The number of hydrogen-bond acceptors (Lipinski definition) is 4. The number of esters is 1. The van der Waals surface area contributed by atoms with Crippen molar-refractivity contribution in [2.75, 3.05) is 6.61 Å². The highest BCUT2D eigenvalue weighted by Gasteiger charge is 2.60. The van der Waals surface area contributed by atoms with Crippen LogP contribution in [-0.2, 0) is 14.3 Å². The molecule has 4 aliphatic rings. The minimum atomic E-state index is -0.725. The summed E-state index contributed by atoms with van der Waals surface area (Å²) >= 11 is 0. The molecule has 0 heterocycles. The van der Waals surface area contributed by atoms with Crippen LogP contribution in [0, 0.1) is 17.3 Å². The van der Waals surface area contributed by atoms with Crippen LogP contribution in [0.3, 0.4) is 0 Å². The normalized spacial score (nSPS) is 30.9. The van der Waals surface area contributed by atoms with E-state index in [1.165, 1.54) is 0 Å². The zero-order chi connectivity index (χ0) is 21.5. The van der Waals surface area contributed by atoms with Crippen molar-refractivity contribution in [1.29, 1.82) is 0 Å². The second-order valence-corrected chi connectivity index (χ2v) is 9.86. The molecule has 5 nitrogen and oxygen atoms in total. The lowest BCUT2D eigenvalue weighted by Crippen LogP contribution is -2.58. The van der Waals surface area contributed by atoms with Gasteiger partial charge in [-0.05, 0) is 61.5 Å². The molecule has 2 atom stereocenters. The third-order valence-corrected chi connectivity index (χ3v) is 7.37. The lowest BCUT2D eigenvalue weighted by atomic mass is 9.48. The summed E-state index contributed by atoms with van der Waals surface area (Å²) in [6.45, 7) is -0.301. The van der Waals surface area contributed by atoms with Crippen LogP contribution in [0.25, 0.3) is 0 Å². The maximum atomic E-state index is 13.1. The summed E-state index contributed by atoms with van der Waals surface area (Å²) in [4.78, 5) is 25.8. The Morgan fingerprint density at radius 2 is 1.48 bits per heavy atom. The van der Waals surface area contributed by atoms with Crippen LogP contribution >= 0.6 is 0 Å². The zero-order valence-electron chi connectivity index (χ0n) is 17.6. The Labute approximate surface area is 182 Å². The topological polar surface area (TPSA) is 75.6 Å². The van der Waals surface area contributed by atoms with Crippen LogP contribution < -0.4 is 5.32 Å². The SMILES string of the molecule is O=C(COC(=O)C12CC3CC(CC(O)(C3)C1)C2)NC(c1ccccc1)c1ccccc1. The number of ether oxygens (including phenoxy) is 1. The summed E-state index contributed by atoms with van der Waals surface area (Å²) in [6.07, 6.45) is 4.74. The third-order valence-electron chi connectivity index (χ3n) is 7.37. The molecule has 0 saturated heterocycles. The lowest BCUT2D eigenvalue weighted by Gasteiger charge is -2.58. The van der Waals surface area contributed by atoms with Crippen molar-refractivity contribution in [3.05, 3.63) is 71.8 Å². The maximum absolute atomic E-state index is 13.1. The molecule has 1 amide bonds. The first-order valence-corrected chi connectivity index (χ1v) is 11.2. The third kappa shape index (κ3) is 3.99. The van der Waals surface area contributed by atoms with Crippen LogP contribution in [0.2, 0.25) is 0 Å². The Morgan fingerprint density at radius 1 is 0.935 bits per heavy atom. The van der Waals surface area contributed by atoms with Crippen LogP contribution in [-0.4, -0.2) is 29.2 Å². The second kappa shape index (κ2) is 7.79. The first-order chi connectivity index (χ1) is 14.9. The second-order valence-electron chi connectivity index (χ2n) is 9.86. The summed E-state index contributed by atoms with van der Waals surface area (Å²) in [7, 11) is 0. The van der Waals surface area contributed by atoms with E-state index in [1.54, 1.807) is 0 Å². The fourth-order valence-electron chi connectivity index (χ4n) is 6.59. The van der Waals surface area contributed by atoms with Gasteiger partial charge in [-0.15, -0.1) is 0 Å². The van der Waals surface area contributed by atoms with Crippen LogP contribution in [0.15, 0.2) is 60.7 Å². The Hall–Kier alpha value is -2.66. The van der Waals surface area contributed by atoms with Crippen molar-refractivity contribution in [2.24, 2.45) is 17.3 Å². The fourth-order valence-corrected chi connectivity index (χ4v) is 6.59. The van der Waals surface area contributed by atoms with Gasteiger partial charge in [-0.25, -0.2) is 0 Å². The maximum Gasteiger partial charge on any atom is 0.312 e. The van der Waals surface area contributed by atoms with Gasteiger partial charge in [0.1, 0.15) is 0 Å². The molecule has 2 aromatic carbocycles. The van der Waals surface area contributed by atoms with Crippen LogP contribution in [0.5, 0.6) is 0 Å². The van der Waals surface area contributed by atoms with Gasteiger partial charge in [0, 0.05) is 0 Å². The van der Waals surface area contributed by atoms with E-state index >= 15 is 0 Å². The molecule has 2 N–H and O–H groups in total. The number of benzene rings is 2. The van der Waals surface area contributed by atoms with Crippen molar-refractivity contribution in [3.63, 3.8) is 0 Å². The molecular formula is C26H29NO4. The van der Waals surface area contributed by atoms with Gasteiger partial charge >= 0.3 is 5.97 Å². The number of carbonyl (C=O) groups is 2. The van der Waals surface area contributed by atoms with Crippen molar-refractivity contribution in [3.8, 4) is 0 Å². The molecule has 2 unspecified atom stereocenters. The van der Waals surface area contributed by atoms with Crippen molar-refractivity contribution < 1.29 is 19.4 Å². The molecule has 0 aliphatic heterocycles. The van der Waals surface area contributed by atoms with E-state index in [-0.39, 0.29) is 24.5 Å². The van der Waals surface area contributed by atoms with E-state index in [4.69, 9.17) is 4.74 Å². The number of aliphatic hydroxyl groups is 1. The average molecular weight is 420 g/mol. The quantitative estimate of drug-likeness (QED) is 0.699. The lowest BCUT2D eigenvalue weighted by molar-refractivity contribution is -0.196. The number of rotatable bonds is 6. The van der Waals surface area contributed by atoms with E-state index in [0.29, 0.717) is 18.3 Å². The minimum absolute atomic E-state index is 0.301. The van der Waals surface area contributed by atoms with Gasteiger partial charge in [0.05, 0.1) is 17.1 Å². The first kappa shape index (κ1) is 20.3. The number of amides is 1. The Balaban J connectivity index is 1.25. The molecule has 0 radical (unpaired) electrons. The molecule has 162 valence electrons. The number of nitrogens with one attached hydrogen (secondary N) is 1. The zero-order valence-corrected chi connectivity index (χ0v) is 17.6. The van der Waals surface area contributed by atoms with E-state index in [1.807, 2.05) is 60.7 Å². The van der Waals surface area contributed by atoms with Gasteiger partial charge in [0.2, 0.25) is 0 Å². The highest BCUT2D eigenvalue weighted by Crippen LogP contribution is 2.61. The van der Waals surface area contributed by atoms with Crippen LogP contribution in [0.1, 0.15) is 55.7 Å². The first-order valence-electron chi connectivity index (χ1n) is 11.2. The Morgan fingerprint density at radius 3 is 2.00 bits per heavy atom. The molecule has 4 fully saturated rings. The predicted molar refractivity (Wildman–Crippen MR) is 116 cm³/mol. The Kier molecular flexibility index (Phi) is 5.09. The molecule has 31 heavy (non-hydrogen) atoms.